The molecule has 0 amide bonds. The lowest BCUT2D eigenvalue weighted by Gasteiger charge is -2.30. The molecule has 4 unspecified atom stereocenters. The molecule has 2 nitrogen and oxygen atoms in total. The first-order valence-electron chi connectivity index (χ1n) is 6.26. The Bertz CT molecular complexity index is 412. The molecule has 17 heavy (non-hydrogen) atoms. The average Bonchev–Trinajstić information content (AvgIpc) is 2.56. The van der Waals surface area contributed by atoms with Gasteiger partial charge in [-0.3, -0.25) is 4.79 Å². The van der Waals surface area contributed by atoms with Gasteiger partial charge in [-0.1, -0.05) is 44.2 Å². The molecule has 0 radical (unpaired) electrons. The third kappa shape index (κ3) is 1.76. The fourth-order valence-corrected chi connectivity index (χ4v) is 3.23. The lowest BCUT2D eigenvalue weighted by Crippen LogP contribution is -2.35. The summed E-state index contributed by atoms with van der Waals surface area (Å²) in [5.41, 5.74) is 0.678. The number of hydrogen-bond donors (Lipinski definition) is 1. The largest absolute Gasteiger partial charge is 0.481 e. The van der Waals surface area contributed by atoms with Crippen molar-refractivity contribution in [2.75, 3.05) is 0 Å². The summed E-state index contributed by atoms with van der Waals surface area (Å²) < 4.78 is 0. The van der Waals surface area contributed by atoms with Crippen molar-refractivity contribution in [2.45, 2.75) is 33.1 Å². The van der Waals surface area contributed by atoms with Crippen molar-refractivity contribution in [3.05, 3.63) is 35.9 Å². The fraction of sp³-hybridized carbons (Fsp3) is 0.533. The van der Waals surface area contributed by atoms with E-state index in [9.17, 15) is 9.90 Å². The highest BCUT2D eigenvalue weighted by molar-refractivity contribution is 5.75. The number of aliphatic carboxylic acids is 1. The maximum absolute atomic E-state index is 11.5. The van der Waals surface area contributed by atoms with Gasteiger partial charge in [0.05, 0.1) is 5.41 Å². The van der Waals surface area contributed by atoms with E-state index in [1.54, 1.807) is 0 Å². The van der Waals surface area contributed by atoms with Crippen LogP contribution in [0.4, 0.5) is 0 Å². The monoisotopic (exact) mass is 232 g/mol. The Labute approximate surface area is 103 Å². The van der Waals surface area contributed by atoms with Gasteiger partial charge in [-0.15, -0.1) is 0 Å². The highest BCUT2D eigenvalue weighted by Gasteiger charge is 2.52. The Morgan fingerprint density at radius 2 is 1.88 bits per heavy atom. The van der Waals surface area contributed by atoms with Gasteiger partial charge in [0, 0.05) is 0 Å². The van der Waals surface area contributed by atoms with Crippen LogP contribution < -0.4 is 0 Å². The van der Waals surface area contributed by atoms with Crippen molar-refractivity contribution in [1.29, 1.82) is 0 Å². The lowest BCUT2D eigenvalue weighted by molar-refractivity contribution is -0.152. The maximum Gasteiger partial charge on any atom is 0.309 e. The SMILES string of the molecule is CC1CC(c2ccccc2)C(C)C1(C)C(=O)O. The molecule has 4 atom stereocenters. The van der Waals surface area contributed by atoms with Crippen LogP contribution in [0.5, 0.6) is 0 Å². The summed E-state index contributed by atoms with van der Waals surface area (Å²) in [6, 6.07) is 10.3. The van der Waals surface area contributed by atoms with Crippen LogP contribution in [0.2, 0.25) is 0 Å². The van der Waals surface area contributed by atoms with Crippen LogP contribution in [0.1, 0.15) is 38.7 Å². The van der Waals surface area contributed by atoms with Gasteiger partial charge in [0.2, 0.25) is 0 Å². The van der Waals surface area contributed by atoms with Gasteiger partial charge in [0.25, 0.3) is 0 Å². The third-order valence-corrected chi connectivity index (χ3v) is 4.87. The van der Waals surface area contributed by atoms with Crippen LogP contribution in [0.3, 0.4) is 0 Å². The second kappa shape index (κ2) is 4.17. The summed E-state index contributed by atoms with van der Waals surface area (Å²) in [6.45, 7) is 6.04. The van der Waals surface area contributed by atoms with Crippen LogP contribution in [-0.2, 0) is 4.79 Å². The number of benzene rings is 1. The smallest absolute Gasteiger partial charge is 0.309 e. The number of rotatable bonds is 2. The number of carbonyl (C=O) groups is 1. The molecule has 1 fully saturated rings. The molecular formula is C15H20O2. The van der Waals surface area contributed by atoms with Crippen LogP contribution in [0, 0.1) is 17.3 Å². The predicted octanol–water partition coefficient (Wildman–Crippen LogP) is 3.54. The van der Waals surface area contributed by atoms with Gasteiger partial charge >= 0.3 is 5.97 Å². The molecule has 0 aliphatic heterocycles. The van der Waals surface area contributed by atoms with E-state index >= 15 is 0 Å². The second-order valence-electron chi connectivity index (χ2n) is 5.53. The van der Waals surface area contributed by atoms with Crippen LogP contribution in [-0.4, -0.2) is 11.1 Å². The molecule has 0 saturated heterocycles. The molecule has 1 aliphatic rings. The van der Waals surface area contributed by atoms with Gasteiger partial charge in [-0.2, -0.15) is 0 Å². The van der Waals surface area contributed by atoms with E-state index in [0.29, 0.717) is 5.92 Å². The minimum atomic E-state index is -0.657. The van der Waals surface area contributed by atoms with E-state index in [1.807, 2.05) is 25.1 Å². The molecule has 0 spiro atoms. The van der Waals surface area contributed by atoms with Gasteiger partial charge in [0.1, 0.15) is 0 Å². The van der Waals surface area contributed by atoms with Crippen molar-refractivity contribution in [2.24, 2.45) is 17.3 Å². The van der Waals surface area contributed by atoms with Crippen LogP contribution in [0.25, 0.3) is 0 Å². The minimum absolute atomic E-state index is 0.178. The van der Waals surface area contributed by atoms with Gasteiger partial charge in [0.15, 0.2) is 0 Å². The van der Waals surface area contributed by atoms with E-state index in [4.69, 9.17) is 0 Å². The quantitative estimate of drug-likeness (QED) is 0.846. The van der Waals surface area contributed by atoms with E-state index in [1.165, 1.54) is 5.56 Å². The zero-order valence-corrected chi connectivity index (χ0v) is 10.7. The first-order chi connectivity index (χ1) is 7.98. The Hall–Kier alpha value is -1.31. The normalized spacial score (nSPS) is 37.0. The molecule has 2 rings (SSSR count). The molecule has 1 aromatic rings. The topological polar surface area (TPSA) is 37.3 Å². The number of hydrogen-bond acceptors (Lipinski definition) is 1. The summed E-state index contributed by atoms with van der Waals surface area (Å²) in [4.78, 5) is 11.5. The van der Waals surface area contributed by atoms with Gasteiger partial charge in [-0.25, -0.2) is 0 Å². The molecule has 2 heteroatoms. The van der Waals surface area contributed by atoms with E-state index < -0.39 is 11.4 Å². The molecule has 1 aliphatic carbocycles. The summed E-state index contributed by atoms with van der Waals surface area (Å²) in [7, 11) is 0. The van der Waals surface area contributed by atoms with Crippen molar-refractivity contribution >= 4 is 5.97 Å². The Kier molecular flexibility index (Phi) is 2.98. The molecule has 1 aromatic carbocycles. The molecule has 0 bridgehead atoms. The Balaban J connectivity index is 2.34. The lowest BCUT2D eigenvalue weighted by atomic mass is 9.73. The standard InChI is InChI=1S/C15H20O2/c1-10-9-13(12-7-5-4-6-8-12)11(2)15(10,3)14(16)17/h4-8,10-11,13H,9H2,1-3H3,(H,16,17). The minimum Gasteiger partial charge on any atom is -0.481 e. The van der Waals surface area contributed by atoms with Crippen molar-refractivity contribution in [3.8, 4) is 0 Å². The average molecular weight is 232 g/mol. The fourth-order valence-electron chi connectivity index (χ4n) is 3.23. The zero-order chi connectivity index (χ0) is 12.6. The maximum atomic E-state index is 11.5. The molecule has 1 saturated carbocycles. The van der Waals surface area contributed by atoms with Crippen LogP contribution >= 0.6 is 0 Å². The van der Waals surface area contributed by atoms with Gasteiger partial charge < -0.3 is 5.11 Å². The van der Waals surface area contributed by atoms with E-state index in [2.05, 4.69) is 26.0 Å². The zero-order valence-electron chi connectivity index (χ0n) is 10.7. The first-order valence-corrected chi connectivity index (χ1v) is 6.26. The first kappa shape index (κ1) is 12.2. The van der Waals surface area contributed by atoms with E-state index in [-0.39, 0.29) is 11.8 Å². The Morgan fingerprint density at radius 1 is 1.29 bits per heavy atom. The molecule has 1 N–H and O–H groups in total. The van der Waals surface area contributed by atoms with Crippen molar-refractivity contribution in [1.82, 2.24) is 0 Å². The summed E-state index contributed by atoms with van der Waals surface area (Å²) in [6.07, 6.45) is 0.966. The molecule has 0 heterocycles. The summed E-state index contributed by atoms with van der Waals surface area (Å²) >= 11 is 0. The van der Waals surface area contributed by atoms with Gasteiger partial charge in [-0.05, 0) is 36.7 Å². The molecule has 0 aromatic heterocycles. The van der Waals surface area contributed by atoms with Crippen molar-refractivity contribution in [3.63, 3.8) is 0 Å². The Morgan fingerprint density at radius 3 is 2.35 bits per heavy atom. The summed E-state index contributed by atoms with van der Waals surface area (Å²) in [5, 5.41) is 9.48. The number of carboxylic acid groups (broad SMARTS) is 1. The predicted molar refractivity (Wildman–Crippen MR) is 67.9 cm³/mol. The highest BCUT2D eigenvalue weighted by atomic mass is 16.4. The third-order valence-electron chi connectivity index (χ3n) is 4.87. The molecule has 92 valence electrons. The second-order valence-corrected chi connectivity index (χ2v) is 5.53. The van der Waals surface area contributed by atoms with Crippen LogP contribution in [0.15, 0.2) is 30.3 Å². The highest BCUT2D eigenvalue weighted by Crippen LogP contribution is 2.54. The van der Waals surface area contributed by atoms with Crippen molar-refractivity contribution < 1.29 is 9.90 Å². The summed E-state index contributed by atoms with van der Waals surface area (Å²) in [5.74, 6) is 0.112. The molecular weight excluding hydrogens is 212 g/mol. The number of carboxylic acids is 1. The van der Waals surface area contributed by atoms with E-state index in [0.717, 1.165) is 6.42 Å².